The number of nitro groups is 1. The van der Waals surface area contributed by atoms with E-state index in [-0.39, 0.29) is 43.2 Å². The third-order valence-electron chi connectivity index (χ3n) is 4.73. The first-order valence-corrected chi connectivity index (χ1v) is 10.2. The van der Waals surface area contributed by atoms with Crippen molar-refractivity contribution >= 4 is 15.7 Å². The van der Waals surface area contributed by atoms with Gasteiger partial charge in [0.2, 0.25) is 10.0 Å². The lowest BCUT2D eigenvalue weighted by molar-refractivity contribution is -0.387. The van der Waals surface area contributed by atoms with Crippen LogP contribution >= 0.6 is 0 Å². The zero-order valence-corrected chi connectivity index (χ0v) is 16.0. The molecule has 2 aromatic carbocycles. The molecule has 3 rings (SSSR count). The molecule has 0 amide bonds. The second-order valence-corrected chi connectivity index (χ2v) is 8.47. The van der Waals surface area contributed by atoms with Gasteiger partial charge >= 0.3 is 6.18 Å². The molecule has 0 atom stereocenters. The molecule has 0 bridgehead atoms. The maximum Gasteiger partial charge on any atom is 0.416 e. The van der Waals surface area contributed by atoms with E-state index in [2.05, 4.69) is 0 Å². The number of nitrogens with zero attached hydrogens (tertiary/aromatic N) is 3. The molecular weight excluding hydrogens is 411 g/mol. The van der Waals surface area contributed by atoms with Gasteiger partial charge in [-0.05, 0) is 17.7 Å². The fourth-order valence-electron chi connectivity index (χ4n) is 3.27. The van der Waals surface area contributed by atoms with E-state index in [1.54, 1.807) is 4.90 Å². The number of alkyl halides is 3. The number of para-hydroxylation sites is 1. The van der Waals surface area contributed by atoms with Crippen LogP contribution in [0.25, 0.3) is 0 Å². The van der Waals surface area contributed by atoms with Gasteiger partial charge in [-0.15, -0.1) is 0 Å². The highest BCUT2D eigenvalue weighted by Crippen LogP contribution is 2.33. The molecule has 1 fully saturated rings. The van der Waals surface area contributed by atoms with Crippen molar-refractivity contribution in [1.29, 1.82) is 0 Å². The second-order valence-electron chi connectivity index (χ2n) is 6.56. The van der Waals surface area contributed by atoms with E-state index in [4.69, 9.17) is 0 Å². The van der Waals surface area contributed by atoms with E-state index in [0.29, 0.717) is 0 Å². The molecule has 1 heterocycles. The number of hydrogen-bond donors (Lipinski definition) is 0. The SMILES string of the molecule is O=[N+]([O-])c1ccccc1S(=O)(=O)N1CCN(Cc2ccccc2C(F)(F)F)CC1. The topological polar surface area (TPSA) is 83.8 Å². The summed E-state index contributed by atoms with van der Waals surface area (Å²) in [7, 11) is -4.08. The van der Waals surface area contributed by atoms with Gasteiger partial charge in [0.15, 0.2) is 4.90 Å². The summed E-state index contributed by atoms with van der Waals surface area (Å²) in [5, 5.41) is 11.1. The Kier molecular flexibility index (Phi) is 5.92. The molecule has 156 valence electrons. The zero-order valence-electron chi connectivity index (χ0n) is 15.2. The first-order chi connectivity index (χ1) is 13.6. The number of piperazine rings is 1. The van der Waals surface area contributed by atoms with E-state index in [1.807, 2.05) is 0 Å². The van der Waals surface area contributed by atoms with E-state index in [1.165, 1.54) is 36.4 Å². The predicted octanol–water partition coefficient (Wildman–Crippen LogP) is 3.12. The van der Waals surface area contributed by atoms with Crippen molar-refractivity contribution in [3.63, 3.8) is 0 Å². The molecule has 0 unspecified atom stereocenters. The Morgan fingerprint density at radius 3 is 2.17 bits per heavy atom. The number of hydrogen-bond acceptors (Lipinski definition) is 5. The number of halogens is 3. The molecule has 0 aliphatic carbocycles. The van der Waals surface area contributed by atoms with Crippen LogP contribution in [0.1, 0.15) is 11.1 Å². The molecule has 1 aliphatic rings. The Balaban J connectivity index is 1.73. The smallest absolute Gasteiger partial charge is 0.296 e. The van der Waals surface area contributed by atoms with Crippen molar-refractivity contribution in [1.82, 2.24) is 9.21 Å². The van der Waals surface area contributed by atoms with Gasteiger partial charge < -0.3 is 0 Å². The standard InChI is InChI=1S/C18H18F3N3O4S/c19-18(20,21)15-6-2-1-5-14(15)13-22-9-11-23(12-10-22)29(27,28)17-8-4-3-7-16(17)24(25)26/h1-8H,9-13H2. The van der Waals surface area contributed by atoms with Crippen LogP contribution in [0.2, 0.25) is 0 Å². The minimum atomic E-state index is -4.46. The highest BCUT2D eigenvalue weighted by molar-refractivity contribution is 7.89. The number of benzene rings is 2. The molecule has 1 saturated heterocycles. The molecule has 0 saturated carbocycles. The van der Waals surface area contributed by atoms with Crippen molar-refractivity contribution in [2.24, 2.45) is 0 Å². The third kappa shape index (κ3) is 4.57. The Labute approximate surface area is 165 Å². The van der Waals surface area contributed by atoms with Crippen molar-refractivity contribution < 1.29 is 26.5 Å². The van der Waals surface area contributed by atoms with Gasteiger partial charge in [-0.2, -0.15) is 17.5 Å². The molecule has 1 aliphatic heterocycles. The Hall–Kier alpha value is -2.50. The van der Waals surface area contributed by atoms with Crippen LogP contribution < -0.4 is 0 Å². The molecule has 11 heteroatoms. The normalized spacial score (nSPS) is 16.7. The molecule has 7 nitrogen and oxygen atoms in total. The van der Waals surface area contributed by atoms with Gasteiger partial charge in [-0.3, -0.25) is 15.0 Å². The van der Waals surface area contributed by atoms with E-state index in [0.717, 1.165) is 16.4 Å². The summed E-state index contributed by atoms with van der Waals surface area (Å²) in [6, 6.07) is 10.4. The highest BCUT2D eigenvalue weighted by atomic mass is 32.2. The quantitative estimate of drug-likeness (QED) is 0.539. The monoisotopic (exact) mass is 429 g/mol. The van der Waals surface area contributed by atoms with Crippen molar-refractivity contribution in [2.75, 3.05) is 26.2 Å². The first-order valence-electron chi connectivity index (χ1n) is 8.72. The summed E-state index contributed by atoms with van der Waals surface area (Å²) in [4.78, 5) is 11.7. The lowest BCUT2D eigenvalue weighted by Crippen LogP contribution is -2.48. The predicted molar refractivity (Wildman–Crippen MR) is 98.6 cm³/mol. The molecular formula is C18H18F3N3O4S. The Morgan fingerprint density at radius 1 is 0.966 bits per heavy atom. The lowest BCUT2D eigenvalue weighted by atomic mass is 10.1. The van der Waals surface area contributed by atoms with E-state index >= 15 is 0 Å². The van der Waals surface area contributed by atoms with Crippen LogP contribution in [0.15, 0.2) is 53.4 Å². The molecule has 0 radical (unpaired) electrons. The Bertz CT molecular complexity index is 1000. The molecule has 2 aromatic rings. The summed E-state index contributed by atoms with van der Waals surface area (Å²) in [6.07, 6.45) is -4.46. The van der Waals surface area contributed by atoms with Gasteiger partial charge in [0, 0.05) is 38.8 Å². The molecule has 29 heavy (non-hydrogen) atoms. The number of rotatable bonds is 5. The summed E-state index contributed by atoms with van der Waals surface area (Å²) < 4.78 is 66.2. The van der Waals surface area contributed by atoms with Crippen LogP contribution in [0.4, 0.5) is 18.9 Å². The number of nitro benzene ring substituents is 1. The first kappa shape index (κ1) is 21.2. The largest absolute Gasteiger partial charge is 0.416 e. The van der Waals surface area contributed by atoms with Crippen LogP contribution in [0, 0.1) is 10.1 Å². The van der Waals surface area contributed by atoms with E-state index < -0.39 is 32.4 Å². The zero-order chi connectivity index (χ0) is 21.2. The van der Waals surface area contributed by atoms with Crippen molar-refractivity contribution in [2.45, 2.75) is 17.6 Å². The summed E-state index contributed by atoms with van der Waals surface area (Å²) in [6.45, 7) is 0.526. The fraction of sp³-hybridized carbons (Fsp3) is 0.333. The van der Waals surface area contributed by atoms with Crippen LogP contribution in [0.5, 0.6) is 0 Å². The maximum absolute atomic E-state index is 13.2. The Morgan fingerprint density at radius 2 is 1.55 bits per heavy atom. The third-order valence-corrected chi connectivity index (χ3v) is 6.67. The van der Waals surface area contributed by atoms with Gasteiger partial charge in [0.25, 0.3) is 5.69 Å². The molecule has 0 N–H and O–H groups in total. The second kappa shape index (κ2) is 8.09. The maximum atomic E-state index is 13.2. The van der Waals surface area contributed by atoms with Crippen molar-refractivity contribution in [3.05, 3.63) is 69.8 Å². The van der Waals surface area contributed by atoms with Gasteiger partial charge in [0.1, 0.15) is 0 Å². The minimum Gasteiger partial charge on any atom is -0.296 e. The van der Waals surface area contributed by atoms with Gasteiger partial charge in [-0.1, -0.05) is 30.3 Å². The highest BCUT2D eigenvalue weighted by Gasteiger charge is 2.35. The minimum absolute atomic E-state index is 0.0303. The van der Waals surface area contributed by atoms with Crippen molar-refractivity contribution in [3.8, 4) is 0 Å². The summed E-state index contributed by atoms with van der Waals surface area (Å²) in [5.74, 6) is 0. The lowest BCUT2D eigenvalue weighted by Gasteiger charge is -2.34. The number of sulfonamides is 1. The average Bonchev–Trinajstić information content (AvgIpc) is 2.68. The van der Waals surface area contributed by atoms with Crippen LogP contribution in [0.3, 0.4) is 0 Å². The summed E-state index contributed by atoms with van der Waals surface area (Å²) >= 11 is 0. The molecule has 0 spiro atoms. The van der Waals surface area contributed by atoms with Gasteiger partial charge in [0.05, 0.1) is 10.5 Å². The van der Waals surface area contributed by atoms with Crippen LogP contribution in [-0.4, -0.2) is 48.7 Å². The van der Waals surface area contributed by atoms with E-state index in [9.17, 15) is 31.7 Å². The molecule has 0 aromatic heterocycles. The van der Waals surface area contributed by atoms with Crippen LogP contribution in [-0.2, 0) is 22.7 Å². The average molecular weight is 429 g/mol. The summed E-state index contributed by atoms with van der Waals surface area (Å²) in [5.41, 5.74) is -1.10. The van der Waals surface area contributed by atoms with Gasteiger partial charge in [-0.25, -0.2) is 8.42 Å². The fourth-order valence-corrected chi connectivity index (χ4v) is 4.85.